The second-order valence-electron chi connectivity index (χ2n) is 3.84. The van der Waals surface area contributed by atoms with E-state index in [2.05, 4.69) is 25.9 Å². The van der Waals surface area contributed by atoms with E-state index in [1.807, 2.05) is 17.6 Å². The molecule has 0 bridgehead atoms. The Hall–Kier alpha value is -1.21. The number of primary amides is 1. The molecule has 0 aliphatic heterocycles. The monoisotopic (exact) mass is 314 g/mol. The Kier molecular flexibility index (Phi) is 3.30. The summed E-state index contributed by atoms with van der Waals surface area (Å²) in [5.41, 5.74) is 6.76. The van der Waals surface area contributed by atoms with Crippen LogP contribution >= 0.6 is 28.1 Å². The Labute approximate surface area is 111 Å². The topological polar surface area (TPSA) is 76.7 Å². The number of halogens is 1. The predicted octanol–water partition coefficient (Wildman–Crippen LogP) is 2.29. The molecule has 0 saturated carbocycles. The number of aromatic nitrogens is 3. The Balaban J connectivity index is 2.57. The highest BCUT2D eigenvalue weighted by molar-refractivity contribution is 9.10. The van der Waals surface area contributed by atoms with E-state index in [1.54, 1.807) is 6.20 Å². The fourth-order valence-corrected chi connectivity index (χ4v) is 2.49. The number of rotatable bonds is 3. The lowest BCUT2D eigenvalue weighted by molar-refractivity contribution is -0.118. The first kappa shape index (κ1) is 12.3. The maximum Gasteiger partial charge on any atom is 0.219 e. The molecule has 0 radical (unpaired) electrons. The lowest BCUT2D eigenvalue weighted by atomic mass is 10.2. The summed E-state index contributed by atoms with van der Waals surface area (Å²) in [4.78, 5) is 18.3. The van der Waals surface area contributed by atoms with Crippen molar-refractivity contribution in [1.82, 2.24) is 14.5 Å². The van der Waals surface area contributed by atoms with Gasteiger partial charge >= 0.3 is 0 Å². The number of pyridine rings is 1. The number of imidazole rings is 1. The quantitative estimate of drug-likeness (QED) is 0.853. The van der Waals surface area contributed by atoms with E-state index in [-0.39, 0.29) is 18.4 Å². The van der Waals surface area contributed by atoms with Gasteiger partial charge in [-0.25, -0.2) is 4.98 Å². The summed E-state index contributed by atoms with van der Waals surface area (Å²) in [5.74, 6) is -0.356. The molecule has 17 heavy (non-hydrogen) atoms. The number of aromatic amines is 1. The molecular formula is C10H11BrN4OS. The molecule has 0 spiro atoms. The first-order chi connectivity index (χ1) is 7.99. The van der Waals surface area contributed by atoms with Crippen molar-refractivity contribution in [3.8, 4) is 0 Å². The molecule has 0 aromatic carbocycles. The van der Waals surface area contributed by atoms with Gasteiger partial charge in [-0.05, 0) is 41.1 Å². The van der Waals surface area contributed by atoms with Crippen LogP contribution in [0.4, 0.5) is 0 Å². The number of H-pyrrole nitrogens is 1. The fourth-order valence-electron chi connectivity index (χ4n) is 1.78. The number of nitrogens with one attached hydrogen (secondary N) is 1. The number of fused-ring (bicyclic) bond motifs is 1. The van der Waals surface area contributed by atoms with Crippen LogP contribution in [0, 0.1) is 4.77 Å². The van der Waals surface area contributed by atoms with Crippen LogP contribution in [0.3, 0.4) is 0 Å². The van der Waals surface area contributed by atoms with E-state index in [0.29, 0.717) is 4.77 Å². The van der Waals surface area contributed by atoms with E-state index in [4.69, 9.17) is 18.0 Å². The molecule has 2 aromatic rings. The Morgan fingerprint density at radius 2 is 2.47 bits per heavy atom. The van der Waals surface area contributed by atoms with Gasteiger partial charge in [0.2, 0.25) is 5.91 Å². The van der Waals surface area contributed by atoms with Gasteiger partial charge in [-0.3, -0.25) is 9.36 Å². The first-order valence-electron chi connectivity index (χ1n) is 5.03. The summed E-state index contributed by atoms with van der Waals surface area (Å²) in [6.45, 7) is 1.89. The van der Waals surface area contributed by atoms with Crippen molar-refractivity contribution in [3.63, 3.8) is 0 Å². The van der Waals surface area contributed by atoms with Crippen LogP contribution < -0.4 is 5.73 Å². The molecule has 0 aliphatic carbocycles. The van der Waals surface area contributed by atoms with Crippen LogP contribution in [-0.2, 0) is 4.79 Å². The Morgan fingerprint density at radius 1 is 1.76 bits per heavy atom. The van der Waals surface area contributed by atoms with E-state index in [9.17, 15) is 4.79 Å². The van der Waals surface area contributed by atoms with E-state index in [1.165, 1.54) is 0 Å². The molecule has 1 amide bonds. The minimum absolute atomic E-state index is 0.109. The van der Waals surface area contributed by atoms with Gasteiger partial charge in [0.25, 0.3) is 0 Å². The van der Waals surface area contributed by atoms with Crippen molar-refractivity contribution < 1.29 is 4.79 Å². The molecule has 1 atom stereocenters. The number of hydrogen-bond donors (Lipinski definition) is 2. The molecule has 0 fully saturated rings. The third kappa shape index (κ3) is 2.39. The lowest BCUT2D eigenvalue weighted by Gasteiger charge is -2.11. The first-order valence-corrected chi connectivity index (χ1v) is 6.23. The largest absolute Gasteiger partial charge is 0.370 e. The molecule has 7 heteroatoms. The van der Waals surface area contributed by atoms with Crippen LogP contribution in [0.25, 0.3) is 11.2 Å². The Bertz CT molecular complexity index is 633. The molecule has 1 unspecified atom stereocenters. The number of nitrogens with two attached hydrogens (primary N) is 1. The van der Waals surface area contributed by atoms with Gasteiger partial charge < -0.3 is 10.7 Å². The van der Waals surface area contributed by atoms with E-state index >= 15 is 0 Å². The highest BCUT2D eigenvalue weighted by atomic mass is 79.9. The van der Waals surface area contributed by atoms with Gasteiger partial charge in [0.05, 0.1) is 5.52 Å². The van der Waals surface area contributed by atoms with Gasteiger partial charge in [-0.15, -0.1) is 0 Å². The highest BCUT2D eigenvalue weighted by Crippen LogP contribution is 2.21. The summed E-state index contributed by atoms with van der Waals surface area (Å²) in [5, 5.41) is 0. The van der Waals surface area contributed by atoms with E-state index in [0.717, 1.165) is 15.6 Å². The van der Waals surface area contributed by atoms with Crippen molar-refractivity contribution in [3.05, 3.63) is 21.5 Å². The highest BCUT2D eigenvalue weighted by Gasteiger charge is 2.14. The van der Waals surface area contributed by atoms with Crippen LogP contribution in [0.2, 0.25) is 0 Å². The minimum Gasteiger partial charge on any atom is -0.370 e. The molecule has 2 aromatic heterocycles. The third-order valence-electron chi connectivity index (χ3n) is 2.46. The van der Waals surface area contributed by atoms with Crippen LogP contribution in [-0.4, -0.2) is 20.4 Å². The van der Waals surface area contributed by atoms with Crippen molar-refractivity contribution >= 4 is 45.2 Å². The summed E-state index contributed by atoms with van der Waals surface area (Å²) in [6, 6.07) is 1.79. The number of carbonyl (C=O) groups excluding carboxylic acids is 1. The van der Waals surface area contributed by atoms with Gasteiger partial charge in [0.1, 0.15) is 0 Å². The van der Waals surface area contributed by atoms with Gasteiger partial charge in [0, 0.05) is 23.1 Å². The van der Waals surface area contributed by atoms with Crippen LogP contribution in [0.1, 0.15) is 19.4 Å². The normalized spacial score (nSPS) is 12.8. The second kappa shape index (κ2) is 4.58. The molecular weight excluding hydrogens is 304 g/mol. The molecule has 3 N–H and O–H groups in total. The zero-order valence-electron chi connectivity index (χ0n) is 9.11. The molecule has 5 nitrogen and oxygen atoms in total. The second-order valence-corrected chi connectivity index (χ2v) is 5.15. The van der Waals surface area contributed by atoms with Gasteiger partial charge in [-0.2, -0.15) is 0 Å². The molecule has 2 rings (SSSR count). The van der Waals surface area contributed by atoms with Crippen molar-refractivity contribution in [2.75, 3.05) is 0 Å². The number of amides is 1. The summed E-state index contributed by atoms with van der Waals surface area (Å²) < 4.78 is 3.22. The van der Waals surface area contributed by atoms with Crippen LogP contribution in [0.15, 0.2) is 16.7 Å². The standard InChI is InChI=1S/C10H11BrN4OS/c1-5(2-8(12)16)15-9-7(14-10(15)17)3-6(11)4-13-9/h3-5H,2H2,1H3,(H2,12,16)(H,14,17). The molecule has 90 valence electrons. The Morgan fingerprint density at radius 3 is 3.12 bits per heavy atom. The predicted molar refractivity (Wildman–Crippen MR) is 71.1 cm³/mol. The number of carbonyl (C=O) groups is 1. The van der Waals surface area contributed by atoms with Crippen LogP contribution in [0.5, 0.6) is 0 Å². The minimum atomic E-state index is -0.356. The molecule has 0 aliphatic rings. The summed E-state index contributed by atoms with van der Waals surface area (Å²) >= 11 is 8.57. The number of hydrogen-bond acceptors (Lipinski definition) is 3. The van der Waals surface area contributed by atoms with Crippen molar-refractivity contribution in [2.45, 2.75) is 19.4 Å². The third-order valence-corrected chi connectivity index (χ3v) is 3.19. The van der Waals surface area contributed by atoms with E-state index < -0.39 is 0 Å². The average molecular weight is 315 g/mol. The summed E-state index contributed by atoms with van der Waals surface area (Å²) in [7, 11) is 0. The zero-order chi connectivity index (χ0) is 12.6. The van der Waals surface area contributed by atoms with Gasteiger partial charge in [0.15, 0.2) is 10.4 Å². The SMILES string of the molecule is CC(CC(N)=O)n1c(=S)[nH]c2cc(Br)cnc21. The zero-order valence-corrected chi connectivity index (χ0v) is 11.5. The molecule has 0 saturated heterocycles. The summed E-state index contributed by atoms with van der Waals surface area (Å²) in [6.07, 6.45) is 1.93. The van der Waals surface area contributed by atoms with Crippen molar-refractivity contribution in [1.29, 1.82) is 0 Å². The smallest absolute Gasteiger partial charge is 0.219 e. The lowest BCUT2D eigenvalue weighted by Crippen LogP contribution is -2.17. The maximum absolute atomic E-state index is 10.9. The maximum atomic E-state index is 10.9. The fraction of sp³-hybridized carbons (Fsp3) is 0.300. The number of nitrogens with zero attached hydrogens (tertiary/aromatic N) is 2. The average Bonchev–Trinajstić information content (AvgIpc) is 2.51. The molecule has 2 heterocycles. The van der Waals surface area contributed by atoms with Crippen molar-refractivity contribution in [2.24, 2.45) is 5.73 Å². The van der Waals surface area contributed by atoms with Gasteiger partial charge in [-0.1, -0.05) is 0 Å².